The highest BCUT2D eigenvalue weighted by Gasteiger charge is 1.98. The number of nitrogens with two attached hydrogens (primary N) is 1. The number of ether oxygens (including phenoxy) is 1. The zero-order chi connectivity index (χ0) is 11.4. The third kappa shape index (κ3) is 2.58. The quantitative estimate of drug-likeness (QED) is 0.854. The van der Waals surface area contributed by atoms with Gasteiger partial charge in [0, 0.05) is 6.54 Å². The van der Waals surface area contributed by atoms with E-state index < -0.39 is 0 Å². The maximum absolute atomic E-state index is 5.66. The normalized spacial score (nSPS) is 10.1. The fourth-order valence-corrected chi connectivity index (χ4v) is 1.41. The van der Waals surface area contributed by atoms with Gasteiger partial charge in [-0.1, -0.05) is 12.1 Å². The molecule has 0 atom stereocenters. The van der Waals surface area contributed by atoms with Gasteiger partial charge in [0.1, 0.15) is 11.5 Å². The molecule has 2 N–H and O–H groups in total. The van der Waals surface area contributed by atoms with Crippen molar-refractivity contribution in [2.75, 3.05) is 0 Å². The number of hydrogen-bond acceptors (Lipinski definition) is 3. The van der Waals surface area contributed by atoms with Crippen LogP contribution in [0.3, 0.4) is 0 Å². The van der Waals surface area contributed by atoms with Crippen molar-refractivity contribution in [3.63, 3.8) is 0 Å². The van der Waals surface area contributed by atoms with E-state index in [1.807, 2.05) is 43.3 Å². The fourth-order valence-electron chi connectivity index (χ4n) is 1.41. The first-order valence-corrected chi connectivity index (χ1v) is 5.17. The molecule has 0 radical (unpaired) electrons. The molecule has 0 unspecified atom stereocenters. The van der Waals surface area contributed by atoms with E-state index in [1.54, 1.807) is 6.20 Å². The van der Waals surface area contributed by atoms with Crippen LogP contribution in [0.1, 0.15) is 11.3 Å². The molecular formula is C13H14N2O. The molecule has 0 aliphatic carbocycles. The summed E-state index contributed by atoms with van der Waals surface area (Å²) in [5, 5.41) is 0. The molecule has 16 heavy (non-hydrogen) atoms. The summed E-state index contributed by atoms with van der Waals surface area (Å²) in [6.07, 6.45) is 1.69. The first-order chi connectivity index (χ1) is 7.78. The van der Waals surface area contributed by atoms with E-state index in [2.05, 4.69) is 4.98 Å². The van der Waals surface area contributed by atoms with Crippen LogP contribution in [0, 0.1) is 6.92 Å². The van der Waals surface area contributed by atoms with Crippen molar-refractivity contribution in [2.24, 2.45) is 5.73 Å². The third-order valence-corrected chi connectivity index (χ3v) is 2.23. The molecular weight excluding hydrogens is 200 g/mol. The molecule has 2 rings (SSSR count). The van der Waals surface area contributed by atoms with Crippen LogP contribution in [0.2, 0.25) is 0 Å². The minimum atomic E-state index is 0.449. The first kappa shape index (κ1) is 10.6. The summed E-state index contributed by atoms with van der Waals surface area (Å²) in [7, 11) is 0. The number of aromatic nitrogens is 1. The molecule has 1 heterocycles. The average molecular weight is 214 g/mol. The highest BCUT2D eigenvalue weighted by Crippen LogP contribution is 2.21. The Morgan fingerprint density at radius 3 is 2.69 bits per heavy atom. The Morgan fingerprint density at radius 2 is 2.06 bits per heavy atom. The van der Waals surface area contributed by atoms with E-state index in [1.165, 1.54) is 5.56 Å². The van der Waals surface area contributed by atoms with E-state index in [9.17, 15) is 0 Å². The van der Waals surface area contributed by atoms with Gasteiger partial charge in [0.05, 0.1) is 11.9 Å². The lowest BCUT2D eigenvalue weighted by Crippen LogP contribution is -1.98. The number of benzene rings is 1. The summed E-state index contributed by atoms with van der Waals surface area (Å²) in [5.74, 6) is 1.55. The second kappa shape index (κ2) is 4.77. The van der Waals surface area contributed by atoms with Gasteiger partial charge < -0.3 is 10.5 Å². The van der Waals surface area contributed by atoms with E-state index >= 15 is 0 Å². The van der Waals surface area contributed by atoms with Crippen molar-refractivity contribution in [2.45, 2.75) is 13.5 Å². The molecule has 2 aromatic rings. The van der Waals surface area contributed by atoms with Crippen LogP contribution in [0.5, 0.6) is 11.5 Å². The SMILES string of the molecule is Cc1cccc(Oc2ccc(CN)nc2)c1. The Hall–Kier alpha value is -1.87. The van der Waals surface area contributed by atoms with Crippen molar-refractivity contribution in [3.05, 3.63) is 53.9 Å². The van der Waals surface area contributed by atoms with Gasteiger partial charge in [-0.2, -0.15) is 0 Å². The first-order valence-electron chi connectivity index (χ1n) is 5.17. The Morgan fingerprint density at radius 1 is 1.19 bits per heavy atom. The summed E-state index contributed by atoms with van der Waals surface area (Å²) >= 11 is 0. The van der Waals surface area contributed by atoms with Gasteiger partial charge in [0.25, 0.3) is 0 Å². The van der Waals surface area contributed by atoms with E-state index in [-0.39, 0.29) is 0 Å². The molecule has 1 aromatic carbocycles. The zero-order valence-electron chi connectivity index (χ0n) is 9.18. The van der Waals surface area contributed by atoms with Gasteiger partial charge in [-0.05, 0) is 36.8 Å². The number of nitrogens with zero attached hydrogens (tertiary/aromatic N) is 1. The van der Waals surface area contributed by atoms with Crippen LogP contribution in [-0.2, 0) is 6.54 Å². The summed E-state index contributed by atoms with van der Waals surface area (Å²) in [6, 6.07) is 11.6. The lowest BCUT2D eigenvalue weighted by Gasteiger charge is -2.06. The molecule has 1 aromatic heterocycles. The molecule has 0 spiro atoms. The smallest absolute Gasteiger partial charge is 0.145 e. The van der Waals surface area contributed by atoms with Crippen molar-refractivity contribution < 1.29 is 4.74 Å². The maximum Gasteiger partial charge on any atom is 0.145 e. The van der Waals surface area contributed by atoms with Crippen LogP contribution in [0.4, 0.5) is 0 Å². The highest BCUT2D eigenvalue weighted by atomic mass is 16.5. The zero-order valence-corrected chi connectivity index (χ0v) is 9.18. The molecule has 3 heteroatoms. The van der Waals surface area contributed by atoms with Crippen LogP contribution in [0.25, 0.3) is 0 Å². The van der Waals surface area contributed by atoms with Gasteiger partial charge in [-0.3, -0.25) is 4.98 Å². The topological polar surface area (TPSA) is 48.1 Å². The summed E-state index contributed by atoms with van der Waals surface area (Å²) < 4.78 is 5.66. The van der Waals surface area contributed by atoms with Crippen LogP contribution in [0.15, 0.2) is 42.6 Å². The molecule has 82 valence electrons. The highest BCUT2D eigenvalue weighted by molar-refractivity contribution is 5.32. The van der Waals surface area contributed by atoms with Gasteiger partial charge >= 0.3 is 0 Å². The number of hydrogen-bond donors (Lipinski definition) is 1. The Bertz CT molecular complexity index is 466. The Balaban J connectivity index is 2.14. The summed E-state index contributed by atoms with van der Waals surface area (Å²) in [4.78, 5) is 4.17. The average Bonchev–Trinajstić information content (AvgIpc) is 2.30. The molecule has 0 aliphatic heterocycles. The van der Waals surface area contributed by atoms with E-state index in [0.717, 1.165) is 17.2 Å². The second-order valence-corrected chi connectivity index (χ2v) is 3.61. The number of pyridine rings is 1. The van der Waals surface area contributed by atoms with Gasteiger partial charge in [-0.25, -0.2) is 0 Å². The Labute approximate surface area is 94.9 Å². The van der Waals surface area contributed by atoms with Crippen molar-refractivity contribution in [3.8, 4) is 11.5 Å². The molecule has 0 fully saturated rings. The lowest BCUT2D eigenvalue weighted by molar-refractivity contribution is 0.479. The van der Waals surface area contributed by atoms with Crippen molar-refractivity contribution >= 4 is 0 Å². The third-order valence-electron chi connectivity index (χ3n) is 2.23. The van der Waals surface area contributed by atoms with Crippen molar-refractivity contribution in [1.82, 2.24) is 4.98 Å². The Kier molecular flexibility index (Phi) is 3.17. The van der Waals surface area contributed by atoms with Gasteiger partial charge in [0.2, 0.25) is 0 Å². The monoisotopic (exact) mass is 214 g/mol. The number of aryl methyl sites for hydroxylation is 1. The second-order valence-electron chi connectivity index (χ2n) is 3.61. The number of rotatable bonds is 3. The predicted molar refractivity (Wildman–Crippen MR) is 63.4 cm³/mol. The lowest BCUT2D eigenvalue weighted by atomic mass is 10.2. The molecule has 0 bridgehead atoms. The molecule has 3 nitrogen and oxygen atoms in total. The minimum Gasteiger partial charge on any atom is -0.456 e. The molecule has 0 saturated carbocycles. The van der Waals surface area contributed by atoms with Crippen LogP contribution in [-0.4, -0.2) is 4.98 Å². The predicted octanol–water partition coefficient (Wildman–Crippen LogP) is 2.64. The van der Waals surface area contributed by atoms with Crippen LogP contribution >= 0.6 is 0 Å². The molecule has 0 aliphatic rings. The fraction of sp³-hybridized carbons (Fsp3) is 0.154. The molecule has 0 saturated heterocycles. The minimum absolute atomic E-state index is 0.449. The largest absolute Gasteiger partial charge is 0.456 e. The summed E-state index contributed by atoms with van der Waals surface area (Å²) in [6.45, 7) is 2.48. The molecule has 0 amide bonds. The van der Waals surface area contributed by atoms with Crippen molar-refractivity contribution in [1.29, 1.82) is 0 Å². The van der Waals surface area contributed by atoms with E-state index in [0.29, 0.717) is 6.54 Å². The van der Waals surface area contributed by atoms with Gasteiger partial charge in [-0.15, -0.1) is 0 Å². The van der Waals surface area contributed by atoms with E-state index in [4.69, 9.17) is 10.5 Å². The summed E-state index contributed by atoms with van der Waals surface area (Å²) in [5.41, 5.74) is 7.50. The van der Waals surface area contributed by atoms with Crippen LogP contribution < -0.4 is 10.5 Å². The maximum atomic E-state index is 5.66. The van der Waals surface area contributed by atoms with Gasteiger partial charge in [0.15, 0.2) is 0 Å². The standard InChI is InChI=1S/C13H14N2O/c1-10-3-2-4-12(7-10)16-13-6-5-11(8-14)15-9-13/h2-7,9H,8,14H2,1H3.